The third-order valence-corrected chi connectivity index (χ3v) is 6.06. The van der Waals surface area contributed by atoms with Crippen molar-refractivity contribution in [1.82, 2.24) is 19.5 Å². The van der Waals surface area contributed by atoms with E-state index in [1.165, 1.54) is 23.2 Å². The number of nitrogens with zero attached hydrogens (tertiary/aromatic N) is 6. The molecule has 1 aliphatic rings. The van der Waals surface area contributed by atoms with Crippen LogP contribution in [0.4, 0.5) is 14.7 Å². The predicted octanol–water partition coefficient (Wildman–Crippen LogP) is 3.77. The number of halogens is 2. The van der Waals surface area contributed by atoms with E-state index in [9.17, 15) is 4.39 Å². The minimum atomic E-state index is -0.985. The van der Waals surface area contributed by atoms with E-state index in [-0.39, 0.29) is 17.1 Å². The Bertz CT molecular complexity index is 1380. The molecule has 2 aromatic carbocycles. The summed E-state index contributed by atoms with van der Waals surface area (Å²) in [6.07, 6.45) is 4.62. The minimum absolute atomic E-state index is 0.0327. The van der Waals surface area contributed by atoms with Gasteiger partial charge in [-0.3, -0.25) is 0 Å². The second-order valence-corrected chi connectivity index (χ2v) is 8.22. The lowest BCUT2D eigenvalue weighted by molar-refractivity contribution is 0.495. The molecule has 166 valence electrons. The molecule has 33 heavy (non-hydrogen) atoms. The maximum Gasteiger partial charge on any atom is 0.225 e. The van der Waals surface area contributed by atoms with Gasteiger partial charge in [0.15, 0.2) is 11.6 Å². The topological polar surface area (TPSA) is 96.7 Å². The van der Waals surface area contributed by atoms with Gasteiger partial charge in [0.25, 0.3) is 0 Å². The van der Waals surface area contributed by atoms with Gasteiger partial charge in [0.1, 0.15) is 5.52 Å². The van der Waals surface area contributed by atoms with E-state index in [2.05, 4.69) is 16.0 Å². The first-order chi connectivity index (χ1) is 16.0. The van der Waals surface area contributed by atoms with Gasteiger partial charge in [0.2, 0.25) is 5.95 Å². The largest absolute Gasteiger partial charge is 0.341 e. The molecule has 0 radical (unpaired) electrons. The molecule has 1 fully saturated rings. The number of rotatable bonds is 3. The molecule has 0 aliphatic carbocycles. The SMILES string of the molecule is Cn1cnc2cc(-c3cnc(N4CCC(N)CC4)nc3-c3ccc(C#N)cc3)c(F)c(F)c21. The van der Waals surface area contributed by atoms with E-state index in [4.69, 9.17) is 16.0 Å². The number of anilines is 1. The van der Waals surface area contributed by atoms with E-state index in [0.29, 0.717) is 33.8 Å². The first kappa shape index (κ1) is 21.0. The van der Waals surface area contributed by atoms with Crippen molar-refractivity contribution >= 4 is 17.0 Å². The maximum absolute atomic E-state index is 15.2. The fourth-order valence-electron chi connectivity index (χ4n) is 4.18. The number of fused-ring (bicyclic) bond motifs is 1. The Balaban J connectivity index is 1.69. The number of piperidine rings is 1. The molecule has 9 heteroatoms. The zero-order chi connectivity index (χ0) is 23.1. The van der Waals surface area contributed by atoms with Crippen molar-refractivity contribution in [2.75, 3.05) is 18.0 Å². The van der Waals surface area contributed by atoms with Gasteiger partial charge in [-0.25, -0.2) is 23.7 Å². The monoisotopic (exact) mass is 445 g/mol. The summed E-state index contributed by atoms with van der Waals surface area (Å²) in [6.45, 7) is 1.44. The third-order valence-electron chi connectivity index (χ3n) is 6.06. The second kappa shape index (κ2) is 8.22. The third kappa shape index (κ3) is 3.68. The Labute approximate surface area is 189 Å². The fourth-order valence-corrected chi connectivity index (χ4v) is 4.18. The highest BCUT2D eigenvalue weighted by atomic mass is 19.2. The molecule has 0 atom stereocenters. The summed E-state index contributed by atoms with van der Waals surface area (Å²) in [4.78, 5) is 15.5. The molecule has 1 aliphatic heterocycles. The molecule has 0 saturated carbocycles. The summed E-state index contributed by atoms with van der Waals surface area (Å²) in [6, 6.07) is 10.6. The zero-order valence-electron chi connectivity index (χ0n) is 18.0. The summed E-state index contributed by atoms with van der Waals surface area (Å²) >= 11 is 0. The average Bonchev–Trinajstić information content (AvgIpc) is 3.22. The number of nitrogens with two attached hydrogens (primary N) is 1. The predicted molar refractivity (Wildman–Crippen MR) is 121 cm³/mol. The lowest BCUT2D eigenvalue weighted by Crippen LogP contribution is -2.40. The summed E-state index contributed by atoms with van der Waals surface area (Å²) in [7, 11) is 1.61. The van der Waals surface area contributed by atoms with Crippen LogP contribution in [-0.4, -0.2) is 38.7 Å². The molecule has 2 aromatic heterocycles. The quantitative estimate of drug-likeness (QED) is 0.516. The maximum atomic E-state index is 15.2. The molecule has 4 aromatic rings. The summed E-state index contributed by atoms with van der Waals surface area (Å²) in [5.41, 5.74) is 8.45. The van der Waals surface area contributed by atoms with Crippen LogP contribution in [-0.2, 0) is 7.05 Å². The van der Waals surface area contributed by atoms with E-state index in [0.717, 1.165) is 25.9 Å². The number of aryl methyl sites for hydroxylation is 1. The lowest BCUT2D eigenvalue weighted by atomic mass is 9.98. The number of nitriles is 1. The molecule has 2 N–H and O–H groups in total. The molecular weight excluding hydrogens is 424 g/mol. The first-order valence-corrected chi connectivity index (χ1v) is 10.6. The van der Waals surface area contributed by atoms with Gasteiger partial charge in [-0.05, 0) is 31.0 Å². The van der Waals surface area contributed by atoms with Crippen LogP contribution in [0.3, 0.4) is 0 Å². The molecular formula is C24H21F2N7. The van der Waals surface area contributed by atoms with Gasteiger partial charge in [-0.15, -0.1) is 0 Å². The molecule has 0 spiro atoms. The second-order valence-electron chi connectivity index (χ2n) is 8.22. The van der Waals surface area contributed by atoms with Gasteiger partial charge in [0.05, 0.1) is 29.2 Å². The van der Waals surface area contributed by atoms with Crippen LogP contribution in [0.15, 0.2) is 42.9 Å². The number of aromatic nitrogens is 4. The van der Waals surface area contributed by atoms with Crippen LogP contribution in [0.25, 0.3) is 33.4 Å². The summed E-state index contributed by atoms with van der Waals surface area (Å²) in [5.74, 6) is -1.45. The van der Waals surface area contributed by atoms with Gasteiger partial charge >= 0.3 is 0 Å². The number of hydrogen-bond donors (Lipinski definition) is 1. The molecule has 0 amide bonds. The average molecular weight is 445 g/mol. The minimum Gasteiger partial charge on any atom is -0.341 e. The van der Waals surface area contributed by atoms with Crippen LogP contribution in [0.5, 0.6) is 0 Å². The van der Waals surface area contributed by atoms with Gasteiger partial charge < -0.3 is 15.2 Å². The van der Waals surface area contributed by atoms with Crippen molar-refractivity contribution < 1.29 is 8.78 Å². The van der Waals surface area contributed by atoms with E-state index >= 15 is 4.39 Å². The number of hydrogen-bond acceptors (Lipinski definition) is 6. The normalized spacial score (nSPS) is 14.6. The van der Waals surface area contributed by atoms with Gasteiger partial charge in [0, 0.05) is 49.1 Å². The fraction of sp³-hybridized carbons (Fsp3) is 0.250. The van der Waals surface area contributed by atoms with Crippen molar-refractivity contribution in [3.63, 3.8) is 0 Å². The molecule has 3 heterocycles. The number of imidazole rings is 1. The van der Waals surface area contributed by atoms with E-state index in [1.54, 1.807) is 31.3 Å². The van der Waals surface area contributed by atoms with Crippen LogP contribution < -0.4 is 10.6 Å². The first-order valence-electron chi connectivity index (χ1n) is 10.6. The lowest BCUT2D eigenvalue weighted by Gasteiger charge is -2.30. The smallest absolute Gasteiger partial charge is 0.225 e. The van der Waals surface area contributed by atoms with Crippen LogP contribution in [0.1, 0.15) is 18.4 Å². The van der Waals surface area contributed by atoms with Crippen LogP contribution in [0.2, 0.25) is 0 Å². The van der Waals surface area contributed by atoms with Crippen molar-refractivity contribution in [3.05, 3.63) is 60.1 Å². The molecule has 1 saturated heterocycles. The van der Waals surface area contributed by atoms with Crippen molar-refractivity contribution in [2.45, 2.75) is 18.9 Å². The standard InChI is InChI=1S/C24H21F2N7/c1-32-13-30-19-10-17(20(25)21(26)23(19)32)18-12-29-24(33-8-6-16(28)7-9-33)31-22(18)15-4-2-14(11-27)3-5-15/h2-5,10,12-13,16H,6-9,28H2,1H3. The molecule has 0 unspecified atom stereocenters. The van der Waals surface area contributed by atoms with Gasteiger partial charge in [-0.1, -0.05) is 12.1 Å². The summed E-state index contributed by atoms with van der Waals surface area (Å²) < 4.78 is 31.6. The zero-order valence-corrected chi connectivity index (χ0v) is 18.0. The van der Waals surface area contributed by atoms with E-state index < -0.39 is 11.6 Å². The van der Waals surface area contributed by atoms with Crippen LogP contribution in [0, 0.1) is 23.0 Å². The van der Waals surface area contributed by atoms with Gasteiger partial charge in [-0.2, -0.15) is 5.26 Å². The highest BCUT2D eigenvalue weighted by molar-refractivity contribution is 5.88. The Morgan fingerprint density at radius 2 is 1.79 bits per heavy atom. The highest BCUT2D eigenvalue weighted by Crippen LogP contribution is 2.36. The molecule has 5 rings (SSSR count). The van der Waals surface area contributed by atoms with Crippen molar-refractivity contribution in [3.8, 4) is 28.5 Å². The van der Waals surface area contributed by atoms with Crippen LogP contribution >= 0.6 is 0 Å². The Hall–Kier alpha value is -3.90. The van der Waals surface area contributed by atoms with E-state index in [1.807, 2.05) is 4.90 Å². The Kier molecular flexibility index (Phi) is 5.23. The highest BCUT2D eigenvalue weighted by Gasteiger charge is 2.24. The Morgan fingerprint density at radius 1 is 1.06 bits per heavy atom. The molecule has 0 bridgehead atoms. The Morgan fingerprint density at radius 3 is 2.48 bits per heavy atom. The summed E-state index contributed by atoms with van der Waals surface area (Å²) in [5, 5.41) is 9.14. The molecule has 7 nitrogen and oxygen atoms in total. The van der Waals surface area contributed by atoms with Crippen molar-refractivity contribution in [1.29, 1.82) is 5.26 Å². The number of benzene rings is 2. The van der Waals surface area contributed by atoms with Crippen molar-refractivity contribution in [2.24, 2.45) is 12.8 Å².